The van der Waals surface area contributed by atoms with Gasteiger partial charge < -0.3 is 30.9 Å². The molecule has 0 bridgehead atoms. The van der Waals surface area contributed by atoms with Gasteiger partial charge >= 0.3 is 0 Å². The average Bonchev–Trinajstić information content (AvgIpc) is 3.12. The quantitative estimate of drug-likeness (QED) is 0.223. The van der Waals surface area contributed by atoms with E-state index in [1.807, 2.05) is 44.3 Å². The predicted octanol–water partition coefficient (Wildman–Crippen LogP) is 2.61. The van der Waals surface area contributed by atoms with Crippen LogP contribution in [0.5, 0.6) is 0 Å². The molecule has 4 N–H and O–H groups in total. The van der Waals surface area contributed by atoms with Crippen molar-refractivity contribution in [3.63, 3.8) is 0 Å². The molecule has 2 aliphatic rings. The van der Waals surface area contributed by atoms with Crippen LogP contribution in [0.4, 0.5) is 0 Å². The summed E-state index contributed by atoms with van der Waals surface area (Å²) in [5.41, 5.74) is 1.17. The highest BCUT2D eigenvalue weighted by Gasteiger charge is 2.54. The number of likely N-dealkylation sites (N-methyl/N-ethyl adjacent to an activating group) is 1. The Bertz CT molecular complexity index is 1050. The molecule has 0 unspecified atom stereocenters. The van der Waals surface area contributed by atoms with Gasteiger partial charge in [-0.15, -0.1) is 11.8 Å². The van der Waals surface area contributed by atoms with E-state index < -0.39 is 23.5 Å². The van der Waals surface area contributed by atoms with Gasteiger partial charge in [-0.25, -0.2) is 0 Å². The smallest absolute Gasteiger partial charge is 0.246 e. The lowest BCUT2D eigenvalue weighted by Gasteiger charge is -2.35. The summed E-state index contributed by atoms with van der Waals surface area (Å²) < 4.78 is 5.94. The first-order chi connectivity index (χ1) is 18.6. The van der Waals surface area contributed by atoms with Crippen molar-refractivity contribution in [1.82, 2.24) is 26.2 Å². The molecule has 0 aromatic heterocycles. The lowest BCUT2D eigenvalue weighted by molar-refractivity contribution is -0.142. The maximum Gasteiger partial charge on any atom is 0.246 e. The highest BCUT2D eigenvalue weighted by Crippen LogP contribution is 2.46. The number of aliphatic imine (C=N–C) groups is 1. The SMILES string of the molecule is C=N/C(=C\NC)COC[C@@H](NC(=O)[C@H]1N2C(=O)[C@@H](NC(=S)[C@H](C)NC)CCS[C@H]2CC1(C)C)c1ccccc1. The number of thiocarbonyl (C=S) groups is 1. The van der Waals surface area contributed by atoms with Crippen LogP contribution in [-0.4, -0.2) is 85.0 Å². The normalized spacial score (nSPS) is 24.2. The van der Waals surface area contributed by atoms with Gasteiger partial charge in [0.2, 0.25) is 11.8 Å². The highest BCUT2D eigenvalue weighted by atomic mass is 32.2. The van der Waals surface area contributed by atoms with Crippen molar-refractivity contribution in [1.29, 1.82) is 0 Å². The van der Waals surface area contributed by atoms with E-state index in [0.29, 0.717) is 17.1 Å². The molecule has 0 saturated carbocycles. The fourth-order valence-electron chi connectivity index (χ4n) is 5.02. The van der Waals surface area contributed by atoms with Gasteiger partial charge in [-0.1, -0.05) is 56.4 Å². The summed E-state index contributed by atoms with van der Waals surface area (Å²) in [6.07, 6.45) is 3.11. The van der Waals surface area contributed by atoms with Crippen LogP contribution in [0.1, 0.15) is 45.2 Å². The second-order valence-electron chi connectivity index (χ2n) is 10.6. The molecule has 9 nitrogen and oxygen atoms in total. The molecule has 1 aromatic rings. The third-order valence-corrected chi connectivity index (χ3v) is 8.98. The molecule has 39 heavy (non-hydrogen) atoms. The van der Waals surface area contributed by atoms with Gasteiger partial charge in [0.1, 0.15) is 12.1 Å². The number of carbonyl (C=O) groups is 2. The van der Waals surface area contributed by atoms with Crippen molar-refractivity contribution in [3.8, 4) is 0 Å². The molecular formula is C28H42N6O3S2. The first-order valence-corrected chi connectivity index (χ1v) is 14.8. The summed E-state index contributed by atoms with van der Waals surface area (Å²) in [5, 5.41) is 12.5. The van der Waals surface area contributed by atoms with Crippen LogP contribution in [0.25, 0.3) is 0 Å². The number of thioether (sulfide) groups is 1. The molecule has 2 amide bonds. The standard InChI is InChI=1S/C28H42N6O3S2/c1-18(30-5)26(38)33-21-12-13-39-23-14-28(2,3)24(34(23)27(21)36)25(35)32-22(19-10-8-7-9-11-19)17-37-16-20(31-6)15-29-4/h7-11,15,18,21-24,29-30H,6,12-14,16-17H2,1-5H3,(H,32,35)(H,33,38)/b20-15-/t18-,21-,22+,23-,24+/m0/s1. The highest BCUT2D eigenvalue weighted by molar-refractivity contribution is 7.99. The molecule has 2 fully saturated rings. The zero-order valence-electron chi connectivity index (χ0n) is 23.5. The molecule has 3 rings (SSSR count). The van der Waals surface area contributed by atoms with Gasteiger partial charge in [-0.2, -0.15) is 0 Å². The molecule has 214 valence electrons. The number of benzene rings is 1. The van der Waals surface area contributed by atoms with E-state index in [-0.39, 0.29) is 36.4 Å². The Morgan fingerprint density at radius 3 is 2.69 bits per heavy atom. The number of amides is 2. The van der Waals surface area contributed by atoms with Crippen LogP contribution in [0.3, 0.4) is 0 Å². The third kappa shape index (κ3) is 7.81. The minimum absolute atomic E-state index is 0.0555. The second kappa shape index (κ2) is 14.2. The van der Waals surface area contributed by atoms with Crippen LogP contribution < -0.4 is 21.3 Å². The molecule has 11 heteroatoms. The van der Waals surface area contributed by atoms with E-state index in [0.717, 1.165) is 17.7 Å². The van der Waals surface area contributed by atoms with Gasteiger partial charge in [0.25, 0.3) is 0 Å². The van der Waals surface area contributed by atoms with Crippen molar-refractivity contribution in [3.05, 3.63) is 47.8 Å². The van der Waals surface area contributed by atoms with E-state index in [4.69, 9.17) is 17.0 Å². The van der Waals surface area contributed by atoms with Crippen molar-refractivity contribution < 1.29 is 14.3 Å². The number of hydrogen-bond donors (Lipinski definition) is 4. The Hall–Kier alpha value is -2.47. The van der Waals surface area contributed by atoms with Gasteiger partial charge in [0.15, 0.2) is 0 Å². The lowest BCUT2D eigenvalue weighted by atomic mass is 9.83. The molecule has 0 spiro atoms. The van der Waals surface area contributed by atoms with Gasteiger partial charge in [-0.3, -0.25) is 14.6 Å². The number of rotatable bonds is 12. The number of nitrogens with one attached hydrogen (secondary N) is 4. The van der Waals surface area contributed by atoms with Gasteiger partial charge in [0, 0.05) is 13.2 Å². The fourth-order valence-corrected chi connectivity index (χ4v) is 6.86. The molecular weight excluding hydrogens is 532 g/mol. The Balaban J connectivity index is 1.82. The number of nitrogens with zero attached hydrogens (tertiary/aromatic N) is 2. The minimum atomic E-state index is -0.624. The molecule has 2 aliphatic heterocycles. The van der Waals surface area contributed by atoms with E-state index >= 15 is 0 Å². The van der Waals surface area contributed by atoms with Crippen molar-refractivity contribution >= 4 is 47.5 Å². The largest absolute Gasteiger partial charge is 0.392 e. The molecule has 2 heterocycles. The fraction of sp³-hybridized carbons (Fsp3) is 0.571. The van der Waals surface area contributed by atoms with Crippen LogP contribution in [-0.2, 0) is 14.3 Å². The number of carbonyl (C=O) groups excluding carboxylic acids is 2. The number of ether oxygens (including phenoxy) is 1. The maximum atomic E-state index is 14.0. The van der Waals surface area contributed by atoms with Crippen LogP contribution in [0.15, 0.2) is 47.2 Å². The molecule has 0 radical (unpaired) electrons. The topological polar surface area (TPSA) is 107 Å². The minimum Gasteiger partial charge on any atom is -0.392 e. The van der Waals surface area contributed by atoms with E-state index in [1.165, 1.54) is 0 Å². The maximum absolute atomic E-state index is 14.0. The zero-order valence-corrected chi connectivity index (χ0v) is 25.2. The molecule has 5 atom stereocenters. The van der Waals surface area contributed by atoms with Crippen molar-refractivity contribution in [2.24, 2.45) is 10.4 Å². The summed E-state index contributed by atoms with van der Waals surface area (Å²) in [5.74, 6) is 0.549. The Morgan fingerprint density at radius 1 is 1.33 bits per heavy atom. The van der Waals surface area contributed by atoms with E-state index in [9.17, 15) is 9.59 Å². The summed E-state index contributed by atoms with van der Waals surface area (Å²) in [7, 11) is 3.62. The van der Waals surface area contributed by atoms with Crippen LogP contribution >= 0.6 is 24.0 Å². The summed E-state index contributed by atoms with van der Waals surface area (Å²) in [6.45, 7) is 10.2. The zero-order chi connectivity index (χ0) is 28.6. The van der Waals surface area contributed by atoms with Crippen molar-refractivity contribution in [2.75, 3.05) is 33.1 Å². The van der Waals surface area contributed by atoms with Gasteiger partial charge in [-0.05, 0) is 50.3 Å². The average molecular weight is 575 g/mol. The predicted molar refractivity (Wildman–Crippen MR) is 163 cm³/mol. The van der Waals surface area contributed by atoms with Gasteiger partial charge in [0.05, 0.1) is 41.4 Å². The first kappa shape index (κ1) is 31.1. The number of hydrogen-bond acceptors (Lipinski definition) is 8. The van der Waals surface area contributed by atoms with Crippen molar-refractivity contribution in [2.45, 2.75) is 63.2 Å². The van der Waals surface area contributed by atoms with E-state index in [1.54, 1.807) is 29.9 Å². The molecule has 1 aromatic carbocycles. The Kier molecular flexibility index (Phi) is 11.3. The summed E-state index contributed by atoms with van der Waals surface area (Å²) in [6, 6.07) is 8.18. The second-order valence-corrected chi connectivity index (χ2v) is 12.3. The lowest BCUT2D eigenvalue weighted by Crippen LogP contribution is -2.58. The molecule has 0 aliphatic carbocycles. The Labute approximate surface area is 242 Å². The summed E-state index contributed by atoms with van der Waals surface area (Å²) in [4.78, 5) is 34.3. The molecule has 2 saturated heterocycles. The van der Waals surface area contributed by atoms with E-state index in [2.05, 4.69) is 46.8 Å². The first-order valence-electron chi connectivity index (χ1n) is 13.3. The monoisotopic (exact) mass is 574 g/mol. The van der Waals surface area contributed by atoms with Crippen LogP contribution in [0.2, 0.25) is 0 Å². The Morgan fingerprint density at radius 2 is 2.05 bits per heavy atom. The number of fused-ring (bicyclic) bond motifs is 1. The van der Waals surface area contributed by atoms with Crippen LogP contribution in [0, 0.1) is 5.41 Å². The summed E-state index contributed by atoms with van der Waals surface area (Å²) >= 11 is 7.27. The third-order valence-electron chi connectivity index (χ3n) is 7.26.